The lowest BCUT2D eigenvalue weighted by Crippen LogP contribution is -2.19. The SMILES string of the molecule is O=C(Nc1ccc(Cl)cc1)Nc1ccc(Cl)c(C(F)(F)F)c1.O=C(Nc1ccc(Cl)cc1)Nc1ccc(Cl)c(Cl)c1.O=C(Nc1ccc(Cl)cc1)Nc1ccc(Cl)c(Cl)c1. The van der Waals surface area contributed by atoms with E-state index in [1.54, 1.807) is 109 Å². The molecular formula is C40H27Cl8F3N6O3. The minimum Gasteiger partial charge on any atom is -0.308 e. The van der Waals surface area contributed by atoms with E-state index in [1.165, 1.54) is 6.07 Å². The highest BCUT2D eigenvalue weighted by molar-refractivity contribution is 6.42. The van der Waals surface area contributed by atoms with Crippen molar-refractivity contribution in [1.82, 2.24) is 0 Å². The molecule has 60 heavy (non-hydrogen) atoms. The first-order valence-corrected chi connectivity index (χ1v) is 19.6. The van der Waals surface area contributed by atoms with Crippen LogP contribution in [-0.4, -0.2) is 18.1 Å². The van der Waals surface area contributed by atoms with E-state index < -0.39 is 22.8 Å². The Balaban J connectivity index is 0.000000199. The van der Waals surface area contributed by atoms with Crippen molar-refractivity contribution in [3.05, 3.63) is 173 Å². The van der Waals surface area contributed by atoms with Crippen LogP contribution in [-0.2, 0) is 6.18 Å². The van der Waals surface area contributed by atoms with Gasteiger partial charge in [-0.15, -0.1) is 0 Å². The smallest absolute Gasteiger partial charge is 0.308 e. The van der Waals surface area contributed by atoms with Crippen molar-refractivity contribution in [2.75, 3.05) is 31.9 Å². The molecular weight excluding hydrogens is 953 g/mol. The maximum absolute atomic E-state index is 12.7. The summed E-state index contributed by atoms with van der Waals surface area (Å²) in [6.45, 7) is 0. The molecule has 0 aliphatic rings. The highest BCUT2D eigenvalue weighted by atomic mass is 35.5. The number of hydrogen-bond acceptors (Lipinski definition) is 3. The Labute approximate surface area is 381 Å². The molecule has 0 spiro atoms. The molecule has 20 heteroatoms. The van der Waals surface area contributed by atoms with E-state index >= 15 is 0 Å². The summed E-state index contributed by atoms with van der Waals surface area (Å²) in [6, 6.07) is 31.2. The van der Waals surface area contributed by atoms with Crippen molar-refractivity contribution in [1.29, 1.82) is 0 Å². The maximum atomic E-state index is 12.7. The van der Waals surface area contributed by atoms with Crippen molar-refractivity contribution in [3.63, 3.8) is 0 Å². The first-order chi connectivity index (χ1) is 28.3. The van der Waals surface area contributed by atoms with E-state index in [0.717, 1.165) is 12.1 Å². The number of urea groups is 3. The lowest BCUT2D eigenvalue weighted by molar-refractivity contribution is -0.137. The Hall–Kier alpha value is -4.76. The second kappa shape index (κ2) is 22.7. The summed E-state index contributed by atoms with van der Waals surface area (Å²) < 4.78 is 38.2. The van der Waals surface area contributed by atoms with Crippen molar-refractivity contribution in [2.45, 2.75) is 6.18 Å². The number of alkyl halides is 3. The molecule has 0 unspecified atom stereocenters. The summed E-state index contributed by atoms with van der Waals surface area (Å²) in [4.78, 5) is 35.2. The second-order valence-electron chi connectivity index (χ2n) is 11.7. The van der Waals surface area contributed by atoms with Gasteiger partial charge in [0.2, 0.25) is 0 Å². The van der Waals surface area contributed by atoms with Crippen LogP contribution in [0.5, 0.6) is 0 Å². The minimum atomic E-state index is -4.60. The second-order valence-corrected chi connectivity index (χ2v) is 15.1. The molecule has 0 aromatic heterocycles. The Bertz CT molecular complexity index is 2320. The van der Waals surface area contributed by atoms with Gasteiger partial charge in [-0.25, -0.2) is 14.4 Å². The molecule has 6 amide bonds. The summed E-state index contributed by atoms with van der Waals surface area (Å²) in [7, 11) is 0. The largest absolute Gasteiger partial charge is 0.417 e. The van der Waals surface area contributed by atoms with Gasteiger partial charge in [-0.1, -0.05) is 92.8 Å². The quantitative estimate of drug-likeness (QED) is 0.0996. The van der Waals surface area contributed by atoms with E-state index in [0.29, 0.717) is 63.6 Å². The van der Waals surface area contributed by atoms with Crippen molar-refractivity contribution >= 4 is 145 Å². The van der Waals surface area contributed by atoms with E-state index in [9.17, 15) is 27.6 Å². The van der Waals surface area contributed by atoms with Crippen LogP contribution >= 0.6 is 92.8 Å². The van der Waals surface area contributed by atoms with Crippen LogP contribution in [0, 0.1) is 0 Å². The van der Waals surface area contributed by atoms with Gasteiger partial charge < -0.3 is 31.9 Å². The fraction of sp³-hybridized carbons (Fsp3) is 0.0250. The predicted molar refractivity (Wildman–Crippen MR) is 242 cm³/mol. The zero-order valence-corrected chi connectivity index (χ0v) is 36.1. The van der Waals surface area contributed by atoms with Gasteiger partial charge in [0, 0.05) is 49.2 Å². The molecule has 6 aromatic rings. The molecule has 0 aliphatic heterocycles. The summed E-state index contributed by atoms with van der Waals surface area (Å²) in [5.41, 5.74) is 1.80. The Kier molecular flexibility index (Phi) is 18.2. The summed E-state index contributed by atoms with van der Waals surface area (Å²) in [5.74, 6) is 0. The molecule has 0 saturated heterocycles. The highest BCUT2D eigenvalue weighted by Gasteiger charge is 2.33. The van der Waals surface area contributed by atoms with Crippen LogP contribution in [0.25, 0.3) is 0 Å². The third-order valence-corrected chi connectivity index (χ3v) is 9.75. The molecule has 0 atom stereocenters. The third kappa shape index (κ3) is 16.4. The first-order valence-electron chi connectivity index (χ1n) is 16.6. The zero-order valence-electron chi connectivity index (χ0n) is 30.0. The van der Waals surface area contributed by atoms with Crippen LogP contribution in [0.1, 0.15) is 5.56 Å². The number of halogens is 11. The fourth-order valence-corrected chi connectivity index (χ4v) is 5.65. The van der Waals surface area contributed by atoms with Crippen molar-refractivity contribution in [3.8, 4) is 0 Å². The molecule has 0 radical (unpaired) electrons. The van der Waals surface area contributed by atoms with Crippen LogP contribution in [0.3, 0.4) is 0 Å². The molecule has 0 heterocycles. The number of rotatable bonds is 6. The topological polar surface area (TPSA) is 123 Å². The fourth-order valence-electron chi connectivity index (χ4n) is 4.45. The molecule has 0 saturated carbocycles. The lowest BCUT2D eigenvalue weighted by atomic mass is 10.2. The lowest BCUT2D eigenvalue weighted by Gasteiger charge is -2.12. The van der Waals surface area contributed by atoms with Gasteiger partial charge in [0.05, 0.1) is 30.7 Å². The number of amides is 6. The maximum Gasteiger partial charge on any atom is 0.417 e. The average molecular weight is 980 g/mol. The van der Waals surface area contributed by atoms with Gasteiger partial charge in [-0.05, 0) is 127 Å². The molecule has 6 rings (SSSR count). The molecule has 0 aliphatic carbocycles. The number of hydrogen-bond donors (Lipinski definition) is 6. The molecule has 0 fully saturated rings. The number of carbonyl (C=O) groups excluding carboxylic acids is 3. The Morgan fingerprint density at radius 3 is 0.867 bits per heavy atom. The van der Waals surface area contributed by atoms with Crippen molar-refractivity contribution < 1.29 is 27.6 Å². The van der Waals surface area contributed by atoms with Crippen LogP contribution in [0.2, 0.25) is 40.2 Å². The normalized spacial score (nSPS) is 10.4. The number of nitrogens with one attached hydrogen (secondary N) is 6. The minimum absolute atomic E-state index is 0.0248. The van der Waals surface area contributed by atoms with Gasteiger partial charge in [0.1, 0.15) is 0 Å². The van der Waals surface area contributed by atoms with E-state index in [-0.39, 0.29) is 17.7 Å². The summed E-state index contributed by atoms with van der Waals surface area (Å²) in [5, 5.41) is 18.3. The van der Waals surface area contributed by atoms with E-state index in [1.807, 2.05) is 0 Å². The van der Waals surface area contributed by atoms with Gasteiger partial charge in [0.15, 0.2) is 0 Å². The van der Waals surface area contributed by atoms with Gasteiger partial charge in [0.25, 0.3) is 0 Å². The number of benzene rings is 6. The van der Waals surface area contributed by atoms with Gasteiger partial charge in [-0.2, -0.15) is 13.2 Å². The molecule has 9 nitrogen and oxygen atoms in total. The highest BCUT2D eigenvalue weighted by Crippen LogP contribution is 2.36. The molecule has 0 bridgehead atoms. The van der Waals surface area contributed by atoms with Crippen LogP contribution in [0.4, 0.5) is 61.7 Å². The number of anilines is 6. The summed E-state index contributed by atoms with van der Waals surface area (Å²) in [6.07, 6.45) is -4.60. The Morgan fingerprint density at radius 1 is 0.333 bits per heavy atom. The number of carbonyl (C=O) groups is 3. The van der Waals surface area contributed by atoms with Crippen molar-refractivity contribution in [2.24, 2.45) is 0 Å². The van der Waals surface area contributed by atoms with Gasteiger partial charge >= 0.3 is 24.3 Å². The van der Waals surface area contributed by atoms with E-state index in [2.05, 4.69) is 31.9 Å². The first kappa shape index (κ1) is 47.9. The van der Waals surface area contributed by atoms with Crippen LogP contribution < -0.4 is 31.9 Å². The summed E-state index contributed by atoms with van der Waals surface area (Å²) >= 11 is 46.0. The standard InChI is InChI=1S/C14H9Cl2F3N2O.2C13H9Cl3N2O/c15-8-1-3-9(4-2-8)20-13(22)21-10-5-6-12(16)11(7-10)14(17,18)19;2*14-8-1-3-9(4-2-8)17-13(19)18-10-5-6-11(15)12(16)7-10/h1-7H,(H2,20,21,22);2*1-7H,(H2,17,18,19). The van der Waals surface area contributed by atoms with Gasteiger partial charge in [-0.3, -0.25) is 0 Å². The molecule has 312 valence electrons. The zero-order chi connectivity index (χ0) is 44.0. The van der Waals surface area contributed by atoms with Crippen LogP contribution in [0.15, 0.2) is 127 Å². The Morgan fingerprint density at radius 2 is 0.583 bits per heavy atom. The molecule has 6 N–H and O–H groups in total. The third-order valence-electron chi connectivity index (χ3n) is 7.19. The average Bonchev–Trinajstić information content (AvgIpc) is 3.18. The van der Waals surface area contributed by atoms with E-state index in [4.69, 9.17) is 92.8 Å². The predicted octanol–water partition coefficient (Wildman–Crippen LogP) is 16.2. The monoisotopic (exact) mass is 976 g/mol. The molecule has 6 aromatic carbocycles.